The maximum Gasteiger partial charge on any atom is 0.118 e. The summed E-state index contributed by atoms with van der Waals surface area (Å²) in [7, 11) is 3.83. The van der Waals surface area contributed by atoms with Crippen molar-refractivity contribution < 1.29 is 4.74 Å². The van der Waals surface area contributed by atoms with Gasteiger partial charge in [0.25, 0.3) is 0 Å². The molecule has 2 nitrogen and oxygen atoms in total. The van der Waals surface area contributed by atoms with Gasteiger partial charge in [0.2, 0.25) is 0 Å². The van der Waals surface area contributed by atoms with Crippen molar-refractivity contribution in [3.63, 3.8) is 0 Å². The van der Waals surface area contributed by atoms with Gasteiger partial charge in [-0.05, 0) is 42.8 Å². The summed E-state index contributed by atoms with van der Waals surface area (Å²) in [6.07, 6.45) is 2.27. The monoisotopic (exact) mass is 281 g/mol. The molecular weight excluding hydrogens is 258 g/mol. The third-order valence-corrected chi connectivity index (χ3v) is 3.55. The number of hydrogen-bond donors (Lipinski definition) is 0. The van der Waals surface area contributed by atoms with Gasteiger partial charge in [0.1, 0.15) is 5.75 Å². The Morgan fingerprint density at radius 1 is 1.05 bits per heavy atom. The Labute approximate surface area is 127 Å². The van der Waals surface area contributed by atoms with E-state index in [4.69, 9.17) is 4.74 Å². The molecule has 0 aliphatic rings. The first-order chi connectivity index (χ1) is 10.2. The van der Waals surface area contributed by atoms with Crippen LogP contribution in [0.1, 0.15) is 18.1 Å². The minimum atomic E-state index is 0.896. The molecule has 0 amide bonds. The number of methoxy groups -OCH3 is 1. The lowest BCUT2D eigenvalue weighted by molar-refractivity contribution is 0.363. The molecule has 0 saturated carbocycles. The van der Waals surface area contributed by atoms with Crippen LogP contribution in [-0.4, -0.2) is 25.6 Å². The van der Waals surface area contributed by atoms with Gasteiger partial charge in [-0.1, -0.05) is 48.5 Å². The van der Waals surface area contributed by atoms with Crippen LogP contribution in [0.25, 0.3) is 5.57 Å². The van der Waals surface area contributed by atoms with Crippen LogP contribution in [0.3, 0.4) is 0 Å². The van der Waals surface area contributed by atoms with Crippen molar-refractivity contribution in [2.45, 2.75) is 13.5 Å². The highest BCUT2D eigenvalue weighted by atomic mass is 16.5. The number of allylic oxidation sites excluding steroid dienone is 1. The van der Waals surface area contributed by atoms with E-state index in [1.807, 2.05) is 12.1 Å². The van der Waals surface area contributed by atoms with Crippen LogP contribution in [0.4, 0.5) is 0 Å². The van der Waals surface area contributed by atoms with Gasteiger partial charge in [0.15, 0.2) is 0 Å². The lowest BCUT2D eigenvalue weighted by Crippen LogP contribution is -2.17. The lowest BCUT2D eigenvalue weighted by atomic mass is 10.1. The summed E-state index contributed by atoms with van der Waals surface area (Å²) < 4.78 is 5.19. The first-order valence-electron chi connectivity index (χ1n) is 7.22. The second-order valence-corrected chi connectivity index (χ2v) is 5.30. The number of benzene rings is 2. The number of nitrogens with zero attached hydrogens (tertiary/aromatic N) is 1. The predicted octanol–water partition coefficient (Wildman–Crippen LogP) is 4.23. The fourth-order valence-corrected chi connectivity index (χ4v) is 2.22. The molecule has 0 aromatic heterocycles. The quantitative estimate of drug-likeness (QED) is 0.785. The number of likely N-dealkylation sites (N-methyl/N-ethyl adjacent to an activating group) is 1. The van der Waals surface area contributed by atoms with E-state index in [1.54, 1.807) is 7.11 Å². The van der Waals surface area contributed by atoms with Crippen LogP contribution in [0.2, 0.25) is 0 Å². The van der Waals surface area contributed by atoms with Crippen molar-refractivity contribution in [2.75, 3.05) is 20.7 Å². The molecule has 0 spiro atoms. The van der Waals surface area contributed by atoms with E-state index in [9.17, 15) is 0 Å². The largest absolute Gasteiger partial charge is 0.497 e. The standard InChI is InChI=1S/C19H23NO/c1-16(18-9-11-19(21-3)12-10-18)13-14-20(2)15-17-7-5-4-6-8-17/h4-13H,14-15H2,1-3H3/b16-13+. The third-order valence-electron chi connectivity index (χ3n) is 3.55. The van der Waals surface area contributed by atoms with Crippen LogP contribution in [0, 0.1) is 0 Å². The molecule has 0 atom stereocenters. The zero-order valence-electron chi connectivity index (χ0n) is 13.0. The van der Waals surface area contributed by atoms with Crippen LogP contribution < -0.4 is 4.74 Å². The van der Waals surface area contributed by atoms with Crippen molar-refractivity contribution in [3.05, 3.63) is 71.8 Å². The average Bonchev–Trinajstić information content (AvgIpc) is 2.53. The summed E-state index contributed by atoms with van der Waals surface area (Å²) in [4.78, 5) is 2.31. The van der Waals surface area contributed by atoms with E-state index < -0.39 is 0 Å². The molecule has 2 aromatic carbocycles. The van der Waals surface area contributed by atoms with Crippen LogP contribution in [0.15, 0.2) is 60.7 Å². The smallest absolute Gasteiger partial charge is 0.118 e. The first-order valence-corrected chi connectivity index (χ1v) is 7.22. The highest BCUT2D eigenvalue weighted by Gasteiger charge is 2.00. The summed E-state index contributed by atoms with van der Waals surface area (Å²) in [5, 5.41) is 0. The molecule has 0 N–H and O–H groups in total. The summed E-state index contributed by atoms with van der Waals surface area (Å²) >= 11 is 0. The number of rotatable bonds is 6. The van der Waals surface area contributed by atoms with Gasteiger partial charge in [-0.3, -0.25) is 4.90 Å². The van der Waals surface area contributed by atoms with Gasteiger partial charge in [-0.2, -0.15) is 0 Å². The van der Waals surface area contributed by atoms with Crippen LogP contribution in [-0.2, 0) is 6.54 Å². The summed E-state index contributed by atoms with van der Waals surface area (Å²) in [5.41, 5.74) is 3.87. The molecule has 2 aromatic rings. The molecule has 2 heteroatoms. The third kappa shape index (κ3) is 4.76. The van der Waals surface area contributed by atoms with Crippen molar-refractivity contribution in [1.29, 1.82) is 0 Å². The van der Waals surface area contributed by atoms with Crippen molar-refractivity contribution in [3.8, 4) is 5.75 Å². The Morgan fingerprint density at radius 2 is 1.71 bits per heavy atom. The van der Waals surface area contributed by atoms with Gasteiger partial charge < -0.3 is 4.74 Å². The van der Waals surface area contributed by atoms with E-state index >= 15 is 0 Å². The number of hydrogen-bond acceptors (Lipinski definition) is 2. The fourth-order valence-electron chi connectivity index (χ4n) is 2.22. The molecule has 0 aliphatic carbocycles. The zero-order valence-corrected chi connectivity index (χ0v) is 13.0. The Bertz CT molecular complexity index is 572. The Hall–Kier alpha value is -2.06. The molecule has 110 valence electrons. The van der Waals surface area contributed by atoms with Crippen molar-refractivity contribution in [2.24, 2.45) is 0 Å². The maximum absolute atomic E-state index is 5.19. The maximum atomic E-state index is 5.19. The van der Waals surface area contributed by atoms with Crippen LogP contribution in [0.5, 0.6) is 5.75 Å². The first kappa shape index (κ1) is 15.3. The van der Waals surface area contributed by atoms with E-state index in [-0.39, 0.29) is 0 Å². The molecule has 0 heterocycles. The Morgan fingerprint density at radius 3 is 2.33 bits per heavy atom. The molecule has 0 unspecified atom stereocenters. The minimum absolute atomic E-state index is 0.896. The van der Waals surface area contributed by atoms with Gasteiger partial charge in [0, 0.05) is 13.1 Å². The van der Waals surface area contributed by atoms with Crippen molar-refractivity contribution in [1.82, 2.24) is 4.90 Å². The van der Waals surface area contributed by atoms with E-state index in [0.717, 1.165) is 18.8 Å². The fraction of sp³-hybridized carbons (Fsp3) is 0.263. The summed E-state index contributed by atoms with van der Waals surface area (Å²) in [6, 6.07) is 18.7. The highest BCUT2D eigenvalue weighted by molar-refractivity contribution is 5.64. The van der Waals surface area contributed by atoms with Crippen LogP contribution >= 0.6 is 0 Å². The Kier molecular flexibility index (Phi) is 5.59. The van der Waals surface area contributed by atoms with Gasteiger partial charge in [0.05, 0.1) is 7.11 Å². The normalized spacial score (nSPS) is 11.7. The second kappa shape index (κ2) is 7.65. The predicted molar refractivity (Wildman–Crippen MR) is 89.4 cm³/mol. The van der Waals surface area contributed by atoms with E-state index in [1.165, 1.54) is 16.7 Å². The average molecular weight is 281 g/mol. The van der Waals surface area contributed by atoms with Gasteiger partial charge in [-0.15, -0.1) is 0 Å². The van der Waals surface area contributed by atoms with E-state index in [2.05, 4.69) is 67.4 Å². The van der Waals surface area contributed by atoms with Gasteiger partial charge in [-0.25, -0.2) is 0 Å². The molecule has 2 rings (SSSR count). The highest BCUT2D eigenvalue weighted by Crippen LogP contribution is 2.18. The molecular formula is C19H23NO. The molecule has 0 bridgehead atoms. The van der Waals surface area contributed by atoms with E-state index in [0.29, 0.717) is 0 Å². The lowest BCUT2D eigenvalue weighted by Gasteiger charge is -2.15. The zero-order chi connectivity index (χ0) is 15.1. The molecule has 0 fully saturated rings. The Balaban J connectivity index is 1.92. The molecule has 0 saturated heterocycles. The molecule has 21 heavy (non-hydrogen) atoms. The second-order valence-electron chi connectivity index (χ2n) is 5.30. The van der Waals surface area contributed by atoms with Crippen molar-refractivity contribution >= 4 is 5.57 Å². The minimum Gasteiger partial charge on any atom is -0.497 e. The molecule has 0 radical (unpaired) electrons. The summed E-state index contributed by atoms with van der Waals surface area (Å²) in [6.45, 7) is 4.05. The SMILES string of the molecule is COc1ccc(/C(C)=C/CN(C)Cc2ccccc2)cc1. The number of ether oxygens (including phenoxy) is 1. The topological polar surface area (TPSA) is 12.5 Å². The summed E-state index contributed by atoms with van der Waals surface area (Å²) in [5.74, 6) is 0.896. The van der Waals surface area contributed by atoms with Gasteiger partial charge >= 0.3 is 0 Å². The molecule has 0 aliphatic heterocycles.